The number of ether oxygens (including phenoxy) is 2. The van der Waals surface area contributed by atoms with Crippen molar-refractivity contribution in [3.05, 3.63) is 23.8 Å². The number of benzene rings is 1. The van der Waals surface area contributed by atoms with Gasteiger partial charge in [-0.25, -0.2) is 0 Å². The molecule has 0 aliphatic carbocycles. The first-order chi connectivity index (χ1) is 13.4. The molecule has 1 aliphatic rings. The molecule has 0 aromatic heterocycles. The third-order valence-electron chi connectivity index (χ3n) is 5.22. The monoisotopic (exact) mass is 536 g/mol. The maximum Gasteiger partial charge on any atom is 0.193 e. The van der Waals surface area contributed by atoms with Crippen LogP contribution in [0, 0.1) is 5.92 Å². The zero-order valence-electron chi connectivity index (χ0n) is 18.8. The summed E-state index contributed by atoms with van der Waals surface area (Å²) in [4.78, 5) is 9.15. The van der Waals surface area contributed by atoms with Gasteiger partial charge < -0.3 is 24.6 Å². The summed E-state index contributed by atoms with van der Waals surface area (Å²) in [7, 11) is 9.39. The van der Waals surface area contributed by atoms with Crippen molar-refractivity contribution in [1.82, 2.24) is 15.1 Å². The van der Waals surface area contributed by atoms with E-state index in [-0.39, 0.29) is 30.0 Å². The number of halogens is 1. The summed E-state index contributed by atoms with van der Waals surface area (Å²) in [5.74, 6) is 4.31. The van der Waals surface area contributed by atoms with Crippen molar-refractivity contribution in [2.75, 3.05) is 60.7 Å². The van der Waals surface area contributed by atoms with Gasteiger partial charge in [0.15, 0.2) is 17.5 Å². The number of nitrogens with zero attached hydrogens (tertiary/aromatic N) is 3. The van der Waals surface area contributed by atoms with Gasteiger partial charge in [-0.05, 0) is 37.7 Å². The lowest BCUT2D eigenvalue weighted by atomic mass is 10.1. The molecule has 1 saturated heterocycles. The molecule has 6 nitrogen and oxygen atoms in total. The van der Waals surface area contributed by atoms with E-state index < -0.39 is 0 Å². The van der Waals surface area contributed by atoms with E-state index in [9.17, 15) is 0 Å². The van der Waals surface area contributed by atoms with Crippen LogP contribution in [0.1, 0.15) is 25.5 Å². The number of rotatable bonds is 7. The van der Waals surface area contributed by atoms with E-state index in [1.807, 2.05) is 13.1 Å². The number of hydrogen-bond donors (Lipinski definition) is 1. The van der Waals surface area contributed by atoms with Crippen LogP contribution in [-0.4, -0.2) is 81.8 Å². The van der Waals surface area contributed by atoms with Crippen LogP contribution in [-0.2, 0) is 0 Å². The Morgan fingerprint density at radius 3 is 2.52 bits per heavy atom. The second kappa shape index (κ2) is 12.7. The molecule has 0 bridgehead atoms. The lowest BCUT2D eigenvalue weighted by Crippen LogP contribution is -2.50. The SMILES string of the molecule is CN=C(NCC(c1ccc(OC)c(OC)c1)N(C)C)N1CCSC(C(C)C)C1.I. The minimum atomic E-state index is 0. The molecule has 0 saturated carbocycles. The number of methoxy groups -OCH3 is 2. The van der Waals surface area contributed by atoms with Gasteiger partial charge in [0.1, 0.15) is 0 Å². The molecule has 0 spiro atoms. The standard InChI is InChI=1S/C21H36N4O2S.HI/c1-15(2)20-14-25(10-11-28-20)21(22-3)23-13-17(24(4)5)16-8-9-18(26-6)19(12-16)27-7;/h8-9,12,15,17,20H,10-11,13-14H2,1-7H3,(H,22,23);1H. The zero-order valence-corrected chi connectivity index (χ0v) is 21.9. The van der Waals surface area contributed by atoms with Crippen LogP contribution in [0.2, 0.25) is 0 Å². The fraction of sp³-hybridized carbons (Fsp3) is 0.667. The Morgan fingerprint density at radius 1 is 1.28 bits per heavy atom. The third-order valence-corrected chi connectivity index (χ3v) is 6.76. The Bertz CT molecular complexity index is 658. The van der Waals surface area contributed by atoms with Crippen molar-refractivity contribution in [3.63, 3.8) is 0 Å². The average Bonchev–Trinajstić information content (AvgIpc) is 2.70. The van der Waals surface area contributed by atoms with Gasteiger partial charge in [-0.15, -0.1) is 24.0 Å². The average molecular weight is 537 g/mol. The molecule has 2 rings (SSSR count). The van der Waals surface area contributed by atoms with E-state index in [0.717, 1.165) is 42.8 Å². The van der Waals surface area contributed by atoms with E-state index in [2.05, 4.69) is 71.9 Å². The van der Waals surface area contributed by atoms with Crippen molar-refractivity contribution in [2.45, 2.75) is 25.1 Å². The van der Waals surface area contributed by atoms with Crippen molar-refractivity contribution in [3.8, 4) is 11.5 Å². The molecule has 1 aliphatic heterocycles. The Balaban J connectivity index is 0.00000420. The Morgan fingerprint density at radius 2 is 1.97 bits per heavy atom. The molecule has 1 N–H and O–H groups in total. The molecule has 8 heteroatoms. The van der Waals surface area contributed by atoms with Gasteiger partial charge in [-0.1, -0.05) is 19.9 Å². The van der Waals surface area contributed by atoms with E-state index in [0.29, 0.717) is 11.2 Å². The van der Waals surface area contributed by atoms with E-state index >= 15 is 0 Å². The van der Waals surface area contributed by atoms with Gasteiger partial charge in [-0.3, -0.25) is 4.99 Å². The molecule has 1 aromatic rings. The minimum Gasteiger partial charge on any atom is -0.493 e. The Kier molecular flexibility index (Phi) is 11.5. The summed E-state index contributed by atoms with van der Waals surface area (Å²) in [5, 5.41) is 4.25. The number of hydrogen-bond acceptors (Lipinski definition) is 5. The second-order valence-corrected chi connectivity index (χ2v) is 8.97. The summed E-state index contributed by atoms with van der Waals surface area (Å²) < 4.78 is 10.9. The van der Waals surface area contributed by atoms with Crippen LogP contribution in [0.25, 0.3) is 0 Å². The van der Waals surface area contributed by atoms with E-state index in [1.165, 1.54) is 5.56 Å². The number of aliphatic imine (C=N–C) groups is 1. The highest BCUT2D eigenvalue weighted by Crippen LogP contribution is 2.31. The molecular weight excluding hydrogens is 499 g/mol. The second-order valence-electron chi connectivity index (χ2n) is 7.62. The number of guanidine groups is 1. The smallest absolute Gasteiger partial charge is 0.193 e. The first kappa shape index (κ1) is 26.2. The van der Waals surface area contributed by atoms with E-state index in [1.54, 1.807) is 14.2 Å². The minimum absolute atomic E-state index is 0. The lowest BCUT2D eigenvalue weighted by molar-refractivity contribution is 0.291. The van der Waals surface area contributed by atoms with Gasteiger partial charge >= 0.3 is 0 Å². The highest BCUT2D eigenvalue weighted by molar-refractivity contribution is 14.0. The largest absolute Gasteiger partial charge is 0.493 e. The van der Waals surface area contributed by atoms with Crippen LogP contribution >= 0.6 is 35.7 Å². The molecule has 1 aromatic carbocycles. The van der Waals surface area contributed by atoms with Crippen molar-refractivity contribution in [1.29, 1.82) is 0 Å². The molecule has 2 unspecified atom stereocenters. The van der Waals surface area contributed by atoms with Gasteiger partial charge in [0, 0.05) is 37.7 Å². The quantitative estimate of drug-likeness (QED) is 0.327. The van der Waals surface area contributed by atoms with Crippen molar-refractivity contribution < 1.29 is 9.47 Å². The fourth-order valence-corrected chi connectivity index (χ4v) is 4.75. The van der Waals surface area contributed by atoms with Gasteiger partial charge in [-0.2, -0.15) is 11.8 Å². The molecule has 0 radical (unpaired) electrons. The Hall–Kier alpha value is -0.870. The van der Waals surface area contributed by atoms with Gasteiger partial charge in [0.05, 0.1) is 20.3 Å². The summed E-state index contributed by atoms with van der Waals surface area (Å²) in [6.07, 6.45) is 0. The lowest BCUT2D eigenvalue weighted by Gasteiger charge is -2.37. The molecule has 1 fully saturated rings. The molecule has 29 heavy (non-hydrogen) atoms. The van der Waals surface area contributed by atoms with E-state index in [4.69, 9.17) is 9.47 Å². The highest BCUT2D eigenvalue weighted by atomic mass is 127. The maximum atomic E-state index is 5.48. The molecule has 1 heterocycles. The first-order valence-electron chi connectivity index (χ1n) is 9.86. The number of thioether (sulfide) groups is 1. The normalized spacial score (nSPS) is 18.4. The maximum absolute atomic E-state index is 5.48. The molecular formula is C21H37IN4O2S. The van der Waals surface area contributed by atoms with Crippen molar-refractivity contribution >= 4 is 41.7 Å². The third kappa shape index (κ3) is 7.10. The van der Waals surface area contributed by atoms with Gasteiger partial charge in [0.25, 0.3) is 0 Å². The topological polar surface area (TPSA) is 49.3 Å². The zero-order chi connectivity index (χ0) is 20.7. The summed E-state index contributed by atoms with van der Waals surface area (Å²) >= 11 is 2.08. The number of nitrogens with one attached hydrogen (secondary N) is 1. The molecule has 0 amide bonds. The van der Waals surface area contributed by atoms with Gasteiger partial charge in [0.2, 0.25) is 0 Å². The first-order valence-corrected chi connectivity index (χ1v) is 10.9. The van der Waals surface area contributed by atoms with Crippen molar-refractivity contribution in [2.24, 2.45) is 10.9 Å². The summed E-state index contributed by atoms with van der Waals surface area (Å²) in [6.45, 7) is 7.46. The highest BCUT2D eigenvalue weighted by Gasteiger charge is 2.25. The molecule has 2 atom stereocenters. The van der Waals surface area contributed by atoms with Crippen LogP contribution < -0.4 is 14.8 Å². The predicted molar refractivity (Wildman–Crippen MR) is 135 cm³/mol. The summed E-state index contributed by atoms with van der Waals surface area (Å²) in [5.41, 5.74) is 1.18. The molecule has 166 valence electrons. The Labute approximate surface area is 197 Å². The predicted octanol–water partition coefficient (Wildman–Crippen LogP) is 3.57. The van der Waals surface area contributed by atoms with Crippen LogP contribution in [0.5, 0.6) is 11.5 Å². The van der Waals surface area contributed by atoms with Crippen LogP contribution in [0.15, 0.2) is 23.2 Å². The van der Waals surface area contributed by atoms with Crippen LogP contribution in [0.3, 0.4) is 0 Å². The fourth-order valence-electron chi connectivity index (χ4n) is 3.45. The summed E-state index contributed by atoms with van der Waals surface area (Å²) in [6, 6.07) is 6.31. The number of likely N-dealkylation sites (N-methyl/N-ethyl adjacent to an activating group) is 1. The van der Waals surface area contributed by atoms with Crippen LogP contribution in [0.4, 0.5) is 0 Å².